The maximum Gasteiger partial charge on any atom is 0.314 e. The van der Waals surface area contributed by atoms with Crippen molar-refractivity contribution in [3.05, 3.63) is 28.3 Å². The highest BCUT2D eigenvalue weighted by Crippen LogP contribution is 2.32. The summed E-state index contributed by atoms with van der Waals surface area (Å²) in [6.45, 7) is 0. The molecule has 0 aliphatic heterocycles. The Morgan fingerprint density at radius 1 is 1.29 bits per heavy atom. The van der Waals surface area contributed by atoms with Crippen LogP contribution in [0.5, 0.6) is 0 Å². The Bertz CT molecular complexity index is 414. The van der Waals surface area contributed by atoms with Crippen LogP contribution in [0.2, 0.25) is 0 Å². The van der Waals surface area contributed by atoms with Gasteiger partial charge in [0.05, 0.1) is 4.92 Å². The van der Waals surface area contributed by atoms with Crippen LogP contribution in [0.4, 0.5) is 17.1 Å². The standard InChI is InChI=1S/C12H17N3O2/c13-10-7-4-8-11(12(10)15(16)17)14-9-5-2-1-3-6-9/h4,7-9,14H,1-3,5-6,13H2. The van der Waals surface area contributed by atoms with Gasteiger partial charge in [-0.25, -0.2) is 0 Å². The Labute approximate surface area is 100 Å². The van der Waals surface area contributed by atoms with Gasteiger partial charge in [0, 0.05) is 6.04 Å². The maximum absolute atomic E-state index is 11.0. The molecule has 0 radical (unpaired) electrons. The van der Waals surface area contributed by atoms with Crippen LogP contribution in [0.1, 0.15) is 32.1 Å². The molecule has 0 heterocycles. The van der Waals surface area contributed by atoms with Crippen molar-refractivity contribution < 1.29 is 4.92 Å². The lowest BCUT2D eigenvalue weighted by Crippen LogP contribution is -2.22. The molecular formula is C12H17N3O2. The van der Waals surface area contributed by atoms with Crippen LogP contribution in [0.15, 0.2) is 18.2 Å². The molecule has 1 fully saturated rings. The van der Waals surface area contributed by atoms with E-state index in [1.54, 1.807) is 18.2 Å². The minimum absolute atomic E-state index is 0.00178. The number of hydrogen-bond donors (Lipinski definition) is 2. The second kappa shape index (κ2) is 5.03. The summed E-state index contributed by atoms with van der Waals surface area (Å²) in [5.41, 5.74) is 6.41. The summed E-state index contributed by atoms with van der Waals surface area (Å²) in [6, 6.07) is 5.37. The third-order valence-electron chi connectivity index (χ3n) is 3.21. The number of nitrogen functional groups attached to an aromatic ring is 1. The first-order valence-corrected chi connectivity index (χ1v) is 5.98. The predicted molar refractivity (Wildman–Crippen MR) is 68.0 cm³/mol. The summed E-state index contributed by atoms with van der Waals surface area (Å²) in [5, 5.41) is 14.2. The van der Waals surface area contributed by atoms with Gasteiger partial charge >= 0.3 is 5.69 Å². The van der Waals surface area contributed by atoms with E-state index < -0.39 is 4.92 Å². The van der Waals surface area contributed by atoms with E-state index in [9.17, 15) is 10.1 Å². The molecule has 92 valence electrons. The van der Waals surface area contributed by atoms with E-state index in [2.05, 4.69) is 5.32 Å². The quantitative estimate of drug-likeness (QED) is 0.479. The summed E-state index contributed by atoms with van der Waals surface area (Å²) < 4.78 is 0. The Morgan fingerprint density at radius 2 is 2.00 bits per heavy atom. The lowest BCUT2D eigenvalue weighted by molar-refractivity contribution is -0.383. The van der Waals surface area contributed by atoms with Gasteiger partial charge in [0.15, 0.2) is 0 Å². The smallest absolute Gasteiger partial charge is 0.314 e. The molecule has 1 aliphatic carbocycles. The van der Waals surface area contributed by atoms with Crippen LogP contribution in [-0.4, -0.2) is 11.0 Å². The van der Waals surface area contributed by atoms with Crippen LogP contribution in [0, 0.1) is 10.1 Å². The first kappa shape index (κ1) is 11.7. The van der Waals surface area contributed by atoms with E-state index in [1.807, 2.05) is 0 Å². The summed E-state index contributed by atoms with van der Waals surface area (Å²) in [5.74, 6) is 0. The maximum atomic E-state index is 11.0. The lowest BCUT2D eigenvalue weighted by atomic mass is 9.95. The Kier molecular flexibility index (Phi) is 3.46. The SMILES string of the molecule is Nc1cccc(NC2CCCCC2)c1[N+](=O)[O-]. The van der Waals surface area contributed by atoms with Crippen molar-refractivity contribution in [1.29, 1.82) is 0 Å². The number of anilines is 2. The number of nitrogens with two attached hydrogens (primary N) is 1. The summed E-state index contributed by atoms with van der Waals surface area (Å²) >= 11 is 0. The minimum Gasteiger partial charge on any atom is -0.393 e. The molecule has 1 aromatic carbocycles. The van der Waals surface area contributed by atoms with E-state index in [0.717, 1.165) is 12.8 Å². The third kappa shape index (κ3) is 2.67. The number of nitrogens with zero attached hydrogens (tertiary/aromatic N) is 1. The Balaban J connectivity index is 2.19. The molecule has 5 heteroatoms. The van der Waals surface area contributed by atoms with Crippen molar-refractivity contribution in [3.63, 3.8) is 0 Å². The average molecular weight is 235 g/mol. The molecular weight excluding hydrogens is 218 g/mol. The van der Waals surface area contributed by atoms with Gasteiger partial charge in [0.25, 0.3) is 0 Å². The third-order valence-corrected chi connectivity index (χ3v) is 3.21. The summed E-state index contributed by atoms with van der Waals surface area (Å²) in [4.78, 5) is 10.6. The second-order valence-corrected chi connectivity index (χ2v) is 4.48. The van der Waals surface area contributed by atoms with Crippen molar-refractivity contribution in [2.75, 3.05) is 11.1 Å². The fraction of sp³-hybridized carbons (Fsp3) is 0.500. The van der Waals surface area contributed by atoms with Crippen molar-refractivity contribution in [3.8, 4) is 0 Å². The van der Waals surface area contributed by atoms with Gasteiger partial charge in [-0.15, -0.1) is 0 Å². The summed E-state index contributed by atoms with van der Waals surface area (Å²) in [6.07, 6.45) is 5.79. The van der Waals surface area contributed by atoms with Crippen LogP contribution in [0.3, 0.4) is 0 Å². The molecule has 0 aromatic heterocycles. The van der Waals surface area contributed by atoms with Crippen LogP contribution in [0.25, 0.3) is 0 Å². The van der Waals surface area contributed by atoms with Gasteiger partial charge in [0.1, 0.15) is 11.4 Å². The molecule has 5 nitrogen and oxygen atoms in total. The number of nitrogens with one attached hydrogen (secondary N) is 1. The molecule has 0 bridgehead atoms. The van der Waals surface area contributed by atoms with E-state index >= 15 is 0 Å². The van der Waals surface area contributed by atoms with Gasteiger partial charge in [-0.3, -0.25) is 10.1 Å². The highest BCUT2D eigenvalue weighted by Gasteiger charge is 2.21. The molecule has 1 aliphatic rings. The highest BCUT2D eigenvalue weighted by molar-refractivity contribution is 5.74. The molecule has 3 N–H and O–H groups in total. The summed E-state index contributed by atoms with van der Waals surface area (Å²) in [7, 11) is 0. The number of benzene rings is 1. The number of para-hydroxylation sites is 1. The predicted octanol–water partition coefficient (Wildman–Crippen LogP) is 2.92. The van der Waals surface area contributed by atoms with E-state index in [-0.39, 0.29) is 11.4 Å². The van der Waals surface area contributed by atoms with Gasteiger partial charge < -0.3 is 11.1 Å². The van der Waals surface area contributed by atoms with Crippen LogP contribution >= 0.6 is 0 Å². The van der Waals surface area contributed by atoms with Crippen LogP contribution < -0.4 is 11.1 Å². The van der Waals surface area contributed by atoms with Gasteiger partial charge in [0.2, 0.25) is 0 Å². The monoisotopic (exact) mass is 235 g/mol. The molecule has 0 atom stereocenters. The number of nitro groups is 1. The number of nitro benzene ring substituents is 1. The van der Waals surface area contributed by atoms with Gasteiger partial charge in [-0.1, -0.05) is 25.3 Å². The molecule has 0 spiro atoms. The minimum atomic E-state index is -0.416. The topological polar surface area (TPSA) is 81.2 Å². The Morgan fingerprint density at radius 3 is 2.65 bits per heavy atom. The molecule has 0 amide bonds. The first-order valence-electron chi connectivity index (χ1n) is 5.98. The number of rotatable bonds is 3. The largest absolute Gasteiger partial charge is 0.393 e. The van der Waals surface area contributed by atoms with Crippen LogP contribution in [-0.2, 0) is 0 Å². The van der Waals surface area contributed by atoms with Crippen molar-refractivity contribution in [2.45, 2.75) is 38.1 Å². The van der Waals surface area contributed by atoms with Gasteiger partial charge in [-0.05, 0) is 25.0 Å². The highest BCUT2D eigenvalue weighted by atomic mass is 16.6. The first-order chi connectivity index (χ1) is 8.18. The molecule has 17 heavy (non-hydrogen) atoms. The van der Waals surface area contributed by atoms with E-state index in [0.29, 0.717) is 11.7 Å². The van der Waals surface area contributed by atoms with Crippen molar-refractivity contribution >= 4 is 17.1 Å². The molecule has 0 saturated heterocycles. The molecule has 2 rings (SSSR count). The molecule has 0 unspecified atom stereocenters. The normalized spacial score (nSPS) is 16.7. The zero-order valence-electron chi connectivity index (χ0n) is 9.69. The zero-order chi connectivity index (χ0) is 12.3. The fourth-order valence-electron chi connectivity index (χ4n) is 2.35. The fourth-order valence-corrected chi connectivity index (χ4v) is 2.35. The van der Waals surface area contributed by atoms with Crippen molar-refractivity contribution in [2.24, 2.45) is 0 Å². The second-order valence-electron chi connectivity index (χ2n) is 4.48. The number of hydrogen-bond acceptors (Lipinski definition) is 4. The van der Waals surface area contributed by atoms with Crippen molar-refractivity contribution in [1.82, 2.24) is 0 Å². The van der Waals surface area contributed by atoms with E-state index in [4.69, 9.17) is 5.73 Å². The Hall–Kier alpha value is -1.78. The molecule has 1 saturated carbocycles. The molecule has 1 aromatic rings. The average Bonchev–Trinajstić information content (AvgIpc) is 2.30. The van der Waals surface area contributed by atoms with E-state index in [1.165, 1.54) is 19.3 Å². The zero-order valence-corrected chi connectivity index (χ0v) is 9.69. The lowest BCUT2D eigenvalue weighted by Gasteiger charge is -2.23. The van der Waals surface area contributed by atoms with Gasteiger partial charge in [-0.2, -0.15) is 0 Å².